The molecule has 4 aromatic rings. The van der Waals surface area contributed by atoms with Crippen molar-refractivity contribution in [3.05, 3.63) is 81.9 Å². The Morgan fingerprint density at radius 2 is 1.33 bits per heavy atom. The summed E-state index contributed by atoms with van der Waals surface area (Å²) < 4.78 is 5.54. The first kappa shape index (κ1) is 18.8. The Morgan fingerprint density at radius 3 is 1.83 bits per heavy atom. The zero-order valence-electron chi connectivity index (χ0n) is 17.7. The van der Waals surface area contributed by atoms with Gasteiger partial charge in [0.1, 0.15) is 17.1 Å². The van der Waals surface area contributed by atoms with Gasteiger partial charge < -0.3 is 4.42 Å². The molecule has 2 bridgehead atoms. The maximum Gasteiger partial charge on any atom is 0.182 e. The summed E-state index contributed by atoms with van der Waals surface area (Å²) in [6, 6.07) is 16.4. The Hall–Kier alpha value is -3.20. The number of Topliss-reactive ketones (excluding diaryl/α,β-unsaturated/α-hetero) is 2. The summed E-state index contributed by atoms with van der Waals surface area (Å²) in [5.41, 5.74) is 8.34. The number of carbonyl (C=O) groups excluding carboxylic acids is 2. The smallest absolute Gasteiger partial charge is 0.182 e. The maximum absolute atomic E-state index is 13.1. The van der Waals surface area contributed by atoms with Gasteiger partial charge in [-0.3, -0.25) is 9.59 Å². The molecule has 0 unspecified atom stereocenters. The van der Waals surface area contributed by atoms with Gasteiger partial charge in [-0.05, 0) is 71.7 Å². The van der Waals surface area contributed by atoms with Gasteiger partial charge in [0.15, 0.2) is 11.6 Å². The number of hydrogen-bond acceptors (Lipinski definition) is 3. The van der Waals surface area contributed by atoms with Crippen LogP contribution in [0.2, 0.25) is 0 Å². The third kappa shape index (κ3) is 2.72. The average Bonchev–Trinajstić information content (AvgIpc) is 3.37. The lowest BCUT2D eigenvalue weighted by Crippen LogP contribution is -2.16. The Labute approximate surface area is 176 Å². The van der Waals surface area contributed by atoms with Crippen molar-refractivity contribution in [3.8, 4) is 11.1 Å². The molecule has 0 saturated carbocycles. The van der Waals surface area contributed by atoms with Crippen molar-refractivity contribution in [2.24, 2.45) is 5.92 Å². The van der Waals surface area contributed by atoms with E-state index < -0.39 is 5.92 Å². The van der Waals surface area contributed by atoms with E-state index in [0.29, 0.717) is 28.2 Å². The van der Waals surface area contributed by atoms with E-state index in [0.717, 1.165) is 34.2 Å². The Kier molecular flexibility index (Phi) is 4.18. The minimum Gasteiger partial charge on any atom is -0.456 e. The Bertz CT molecular complexity index is 1220. The largest absolute Gasteiger partial charge is 0.456 e. The maximum atomic E-state index is 13.1. The molecule has 2 aromatic carbocycles. The van der Waals surface area contributed by atoms with Gasteiger partial charge >= 0.3 is 0 Å². The third-order valence-corrected chi connectivity index (χ3v) is 6.18. The molecule has 0 N–H and O–H groups in total. The molecule has 5 rings (SSSR count). The molecule has 0 amide bonds. The van der Waals surface area contributed by atoms with Gasteiger partial charge in [-0.1, -0.05) is 50.2 Å². The first-order chi connectivity index (χ1) is 14.3. The van der Waals surface area contributed by atoms with Crippen molar-refractivity contribution in [1.29, 1.82) is 0 Å². The van der Waals surface area contributed by atoms with E-state index in [1.165, 1.54) is 5.56 Å². The first-order valence-electron chi connectivity index (χ1n) is 10.5. The van der Waals surface area contributed by atoms with Crippen molar-refractivity contribution in [1.82, 2.24) is 0 Å². The van der Waals surface area contributed by atoms with Crippen LogP contribution in [0.5, 0.6) is 0 Å². The monoisotopic (exact) mass is 396 g/mol. The highest BCUT2D eigenvalue weighted by Crippen LogP contribution is 2.44. The minimum absolute atomic E-state index is 0.138. The molecule has 0 spiro atoms. The summed E-state index contributed by atoms with van der Waals surface area (Å²) in [7, 11) is 0. The molecule has 0 atom stereocenters. The second-order valence-corrected chi connectivity index (χ2v) is 8.89. The molecule has 0 fully saturated rings. The molecular weight excluding hydrogens is 372 g/mol. The summed E-state index contributed by atoms with van der Waals surface area (Å²) >= 11 is 0. The summed E-state index contributed by atoms with van der Waals surface area (Å²) in [4.78, 5) is 26.3. The van der Waals surface area contributed by atoms with Crippen molar-refractivity contribution in [2.75, 3.05) is 0 Å². The van der Waals surface area contributed by atoms with E-state index in [1.807, 2.05) is 13.8 Å². The van der Waals surface area contributed by atoms with Gasteiger partial charge in [-0.25, -0.2) is 0 Å². The topological polar surface area (TPSA) is 47.3 Å². The van der Waals surface area contributed by atoms with E-state index >= 15 is 0 Å². The van der Waals surface area contributed by atoms with Crippen LogP contribution in [0.1, 0.15) is 62.7 Å². The number of benzene rings is 3. The van der Waals surface area contributed by atoms with Crippen LogP contribution in [-0.4, -0.2) is 11.6 Å². The molecule has 3 heteroatoms. The molecule has 0 saturated heterocycles. The van der Waals surface area contributed by atoms with E-state index in [4.69, 9.17) is 4.42 Å². The van der Waals surface area contributed by atoms with Crippen LogP contribution in [0.3, 0.4) is 0 Å². The van der Waals surface area contributed by atoms with Gasteiger partial charge in [0.2, 0.25) is 0 Å². The highest BCUT2D eigenvalue weighted by Gasteiger charge is 2.45. The zero-order chi connectivity index (χ0) is 21.2. The Morgan fingerprint density at radius 1 is 0.800 bits per heavy atom. The fraction of sp³-hybridized carbons (Fsp3) is 0.259. The van der Waals surface area contributed by atoms with Gasteiger partial charge in [-0.2, -0.15) is 0 Å². The average molecular weight is 396 g/mol. The van der Waals surface area contributed by atoms with Gasteiger partial charge in [0, 0.05) is 0 Å². The van der Waals surface area contributed by atoms with Crippen LogP contribution in [0, 0.1) is 19.8 Å². The van der Waals surface area contributed by atoms with Crippen molar-refractivity contribution in [3.63, 3.8) is 0 Å². The normalized spacial score (nSPS) is 14.4. The lowest BCUT2D eigenvalue weighted by atomic mass is 9.85. The standard InChI is InChI=1S/C27H24O3/c1-14(2)11-17-5-7-18(8-6-17)19-12-15(3)22(16(4)13-19)25-26(28)23-20-9-10-21(30-20)24(23)27(25)29/h5-10,12-14,25H,11H2,1-4H3. The van der Waals surface area contributed by atoms with Crippen LogP contribution >= 0.6 is 0 Å². The van der Waals surface area contributed by atoms with E-state index in [2.05, 4.69) is 50.2 Å². The number of furan rings is 2. The molecule has 1 aliphatic rings. The third-order valence-electron chi connectivity index (χ3n) is 6.18. The quantitative estimate of drug-likeness (QED) is 0.369. The van der Waals surface area contributed by atoms with E-state index in [1.54, 1.807) is 12.1 Å². The molecule has 0 aliphatic heterocycles. The predicted octanol–water partition coefficient (Wildman–Crippen LogP) is 6.52. The molecule has 2 heterocycles. The Balaban J connectivity index is 1.52. The van der Waals surface area contributed by atoms with Crippen LogP contribution < -0.4 is 0 Å². The first-order valence-corrected chi connectivity index (χ1v) is 10.5. The molecule has 1 aliphatic carbocycles. The minimum atomic E-state index is -0.758. The molecule has 30 heavy (non-hydrogen) atoms. The van der Waals surface area contributed by atoms with Gasteiger partial charge in [0.05, 0.1) is 11.1 Å². The second-order valence-electron chi connectivity index (χ2n) is 8.89. The second kappa shape index (κ2) is 6.66. The van der Waals surface area contributed by atoms with Crippen molar-refractivity contribution < 1.29 is 14.0 Å². The molecule has 2 aromatic heterocycles. The summed E-state index contributed by atoms with van der Waals surface area (Å²) in [6.07, 6.45) is 1.07. The van der Waals surface area contributed by atoms with Crippen molar-refractivity contribution >= 4 is 22.7 Å². The number of ketones is 2. The summed E-state index contributed by atoms with van der Waals surface area (Å²) in [5, 5.41) is 0. The summed E-state index contributed by atoms with van der Waals surface area (Å²) in [5.74, 6) is -0.405. The predicted molar refractivity (Wildman–Crippen MR) is 119 cm³/mol. The van der Waals surface area contributed by atoms with E-state index in [-0.39, 0.29) is 11.6 Å². The SMILES string of the molecule is Cc1cc(-c2ccc(CC(C)C)cc2)cc(C)c1C1C(=O)c2c(c3ccc2o3)C1=O. The molecule has 150 valence electrons. The van der Waals surface area contributed by atoms with Crippen LogP contribution in [0.4, 0.5) is 0 Å². The zero-order valence-corrected chi connectivity index (χ0v) is 17.7. The number of hydrogen-bond donors (Lipinski definition) is 0. The number of rotatable bonds is 4. The molecular formula is C27H24O3. The fourth-order valence-electron chi connectivity index (χ4n) is 4.91. The lowest BCUT2D eigenvalue weighted by Gasteiger charge is -2.17. The van der Waals surface area contributed by atoms with Gasteiger partial charge in [-0.15, -0.1) is 0 Å². The van der Waals surface area contributed by atoms with Gasteiger partial charge in [0.25, 0.3) is 0 Å². The van der Waals surface area contributed by atoms with E-state index in [9.17, 15) is 9.59 Å². The van der Waals surface area contributed by atoms with Crippen LogP contribution in [0.15, 0.2) is 52.9 Å². The molecule has 3 nitrogen and oxygen atoms in total. The van der Waals surface area contributed by atoms with Crippen molar-refractivity contribution in [2.45, 2.75) is 40.0 Å². The summed E-state index contributed by atoms with van der Waals surface area (Å²) in [6.45, 7) is 8.43. The van der Waals surface area contributed by atoms with Crippen LogP contribution in [0.25, 0.3) is 22.3 Å². The number of fused-ring (bicyclic) bond motifs is 5. The number of aryl methyl sites for hydroxylation is 2. The lowest BCUT2D eigenvalue weighted by molar-refractivity contribution is 0.0889. The number of carbonyl (C=O) groups is 2. The highest BCUT2D eigenvalue weighted by molar-refractivity contribution is 6.35. The highest BCUT2D eigenvalue weighted by atomic mass is 16.3. The molecule has 0 radical (unpaired) electrons. The fourth-order valence-corrected chi connectivity index (χ4v) is 4.91. The van der Waals surface area contributed by atoms with Crippen LogP contribution in [-0.2, 0) is 6.42 Å².